The summed E-state index contributed by atoms with van der Waals surface area (Å²) < 4.78 is 0. The Morgan fingerprint density at radius 3 is 2.58 bits per heavy atom. The monoisotopic (exact) mass is 366 g/mol. The van der Waals surface area contributed by atoms with E-state index in [1.54, 1.807) is 0 Å². The normalized spacial score (nSPS) is 24.3. The number of rotatable bonds is 7. The Labute approximate surface area is 154 Å². The lowest BCUT2D eigenvalue weighted by atomic mass is 10.00. The summed E-state index contributed by atoms with van der Waals surface area (Å²) in [7, 11) is 0. The molecule has 0 radical (unpaired) electrons. The van der Waals surface area contributed by atoms with E-state index >= 15 is 0 Å². The number of amides is 4. The van der Waals surface area contributed by atoms with Crippen molar-refractivity contribution in [3.05, 3.63) is 0 Å². The third-order valence-electron chi connectivity index (χ3n) is 5.06. The highest BCUT2D eigenvalue weighted by atomic mass is 16.2. The average Bonchev–Trinajstić information content (AvgIpc) is 3.07. The van der Waals surface area contributed by atoms with E-state index in [0.717, 1.165) is 12.8 Å². The minimum atomic E-state index is -0.705. The van der Waals surface area contributed by atoms with Gasteiger partial charge in [-0.25, -0.2) is 0 Å². The molecule has 4 amide bonds. The lowest BCUT2D eigenvalue weighted by molar-refractivity contribution is -0.141. The highest BCUT2D eigenvalue weighted by Gasteiger charge is 2.37. The maximum Gasteiger partial charge on any atom is 0.245 e. The molecule has 0 aliphatic carbocycles. The molecule has 26 heavy (non-hydrogen) atoms. The summed E-state index contributed by atoms with van der Waals surface area (Å²) in [6.45, 7) is 4.57. The van der Waals surface area contributed by atoms with Gasteiger partial charge in [0.05, 0.1) is 0 Å². The predicted octanol–water partition coefficient (Wildman–Crippen LogP) is 0.0524. The third-order valence-corrected chi connectivity index (χ3v) is 5.06. The number of carbonyl (C=O) groups is 4. The van der Waals surface area contributed by atoms with Crippen LogP contribution < -0.4 is 16.4 Å². The summed E-state index contributed by atoms with van der Waals surface area (Å²) in [6, 6.07) is -1.91. The van der Waals surface area contributed by atoms with Gasteiger partial charge in [-0.05, 0) is 44.4 Å². The Morgan fingerprint density at radius 2 is 1.96 bits per heavy atom. The maximum absolute atomic E-state index is 13.0. The molecule has 0 bridgehead atoms. The van der Waals surface area contributed by atoms with Gasteiger partial charge in [-0.15, -0.1) is 0 Å². The average molecular weight is 366 g/mol. The van der Waals surface area contributed by atoms with Crippen LogP contribution in [0.2, 0.25) is 0 Å². The van der Waals surface area contributed by atoms with Gasteiger partial charge >= 0.3 is 0 Å². The molecule has 0 aromatic heterocycles. The van der Waals surface area contributed by atoms with Gasteiger partial charge in [-0.2, -0.15) is 0 Å². The lowest BCUT2D eigenvalue weighted by Gasteiger charge is -2.30. The molecule has 2 saturated heterocycles. The largest absolute Gasteiger partial charge is 0.368 e. The molecule has 0 unspecified atom stereocenters. The van der Waals surface area contributed by atoms with Gasteiger partial charge in [-0.3, -0.25) is 19.2 Å². The van der Waals surface area contributed by atoms with Gasteiger partial charge in [0.15, 0.2) is 0 Å². The van der Waals surface area contributed by atoms with Crippen LogP contribution in [0.15, 0.2) is 0 Å². The first kappa shape index (κ1) is 20.2. The van der Waals surface area contributed by atoms with Crippen molar-refractivity contribution in [3.63, 3.8) is 0 Å². The summed E-state index contributed by atoms with van der Waals surface area (Å²) in [4.78, 5) is 50.1. The van der Waals surface area contributed by atoms with Crippen molar-refractivity contribution < 1.29 is 19.2 Å². The van der Waals surface area contributed by atoms with Gasteiger partial charge in [0, 0.05) is 13.0 Å². The SMILES string of the molecule is CC(C)CC[C@@H](NC(=O)[C@@H]1CCCC(=O)N1)C(=O)N1CCC[C@H]1C(N)=O. The molecule has 2 fully saturated rings. The summed E-state index contributed by atoms with van der Waals surface area (Å²) in [5.41, 5.74) is 5.41. The third kappa shape index (κ3) is 5.19. The van der Waals surface area contributed by atoms with E-state index < -0.39 is 24.0 Å². The fourth-order valence-corrected chi connectivity index (χ4v) is 3.56. The van der Waals surface area contributed by atoms with Crippen molar-refractivity contribution in [2.45, 2.75) is 76.9 Å². The Balaban J connectivity index is 2.06. The van der Waals surface area contributed by atoms with Gasteiger partial charge in [0.25, 0.3) is 0 Å². The zero-order valence-electron chi connectivity index (χ0n) is 15.6. The van der Waals surface area contributed by atoms with E-state index in [1.807, 2.05) is 13.8 Å². The first-order valence-electron chi connectivity index (χ1n) is 9.49. The zero-order valence-corrected chi connectivity index (χ0v) is 15.6. The Hall–Kier alpha value is -2.12. The highest BCUT2D eigenvalue weighted by molar-refractivity contribution is 5.94. The molecule has 2 rings (SSSR count). The number of nitrogens with zero attached hydrogens (tertiary/aromatic N) is 1. The molecule has 8 heteroatoms. The summed E-state index contributed by atoms with van der Waals surface area (Å²) in [6.07, 6.45) is 4.19. The van der Waals surface area contributed by atoms with Gasteiger partial charge in [0.2, 0.25) is 23.6 Å². The van der Waals surface area contributed by atoms with Crippen LogP contribution in [0.4, 0.5) is 0 Å². The molecule has 3 atom stereocenters. The second kappa shape index (κ2) is 9.00. The number of hydrogen-bond acceptors (Lipinski definition) is 4. The fourth-order valence-electron chi connectivity index (χ4n) is 3.56. The van der Waals surface area contributed by atoms with E-state index in [-0.39, 0.29) is 17.7 Å². The molecular formula is C18H30N4O4. The molecule has 8 nitrogen and oxygen atoms in total. The van der Waals surface area contributed by atoms with Crippen molar-refractivity contribution in [2.75, 3.05) is 6.54 Å². The molecule has 4 N–H and O–H groups in total. The van der Waals surface area contributed by atoms with Crippen molar-refractivity contribution in [3.8, 4) is 0 Å². The van der Waals surface area contributed by atoms with E-state index in [2.05, 4.69) is 10.6 Å². The van der Waals surface area contributed by atoms with Crippen LogP contribution in [0.3, 0.4) is 0 Å². The molecule has 0 aromatic rings. The van der Waals surface area contributed by atoms with Crippen LogP contribution >= 0.6 is 0 Å². The predicted molar refractivity (Wildman–Crippen MR) is 95.7 cm³/mol. The minimum Gasteiger partial charge on any atom is -0.368 e. The zero-order chi connectivity index (χ0) is 19.3. The number of hydrogen-bond donors (Lipinski definition) is 3. The van der Waals surface area contributed by atoms with E-state index in [1.165, 1.54) is 4.90 Å². The van der Waals surface area contributed by atoms with E-state index in [9.17, 15) is 19.2 Å². The molecule has 0 spiro atoms. The first-order valence-corrected chi connectivity index (χ1v) is 9.49. The van der Waals surface area contributed by atoms with Crippen molar-refractivity contribution in [1.82, 2.24) is 15.5 Å². The van der Waals surface area contributed by atoms with Crippen LogP contribution in [-0.4, -0.2) is 53.2 Å². The smallest absolute Gasteiger partial charge is 0.245 e. The number of piperidine rings is 1. The fraction of sp³-hybridized carbons (Fsp3) is 0.778. The summed E-state index contributed by atoms with van der Waals surface area (Å²) in [5, 5.41) is 5.47. The van der Waals surface area contributed by atoms with Gasteiger partial charge in [-0.1, -0.05) is 13.8 Å². The van der Waals surface area contributed by atoms with Crippen LogP contribution in [0, 0.1) is 5.92 Å². The number of nitrogens with two attached hydrogens (primary N) is 1. The summed E-state index contributed by atoms with van der Waals surface area (Å²) >= 11 is 0. The molecule has 0 aromatic carbocycles. The standard InChI is InChI=1S/C18H30N4O4/c1-11(2)8-9-13(18(26)22-10-4-6-14(22)16(19)24)21-17(25)12-5-3-7-15(23)20-12/h11-14H,3-10H2,1-2H3,(H2,19,24)(H,20,23)(H,21,25)/t12-,13+,14-/m0/s1. The molecular weight excluding hydrogens is 336 g/mol. The molecule has 146 valence electrons. The molecule has 2 aliphatic heterocycles. The Bertz CT molecular complexity index is 563. The maximum atomic E-state index is 13.0. The molecule has 2 aliphatic rings. The van der Waals surface area contributed by atoms with Crippen LogP contribution in [0.5, 0.6) is 0 Å². The number of primary amides is 1. The van der Waals surface area contributed by atoms with E-state index in [0.29, 0.717) is 44.6 Å². The number of likely N-dealkylation sites (tertiary alicyclic amines) is 1. The van der Waals surface area contributed by atoms with Crippen LogP contribution in [0.25, 0.3) is 0 Å². The summed E-state index contributed by atoms with van der Waals surface area (Å²) in [5.74, 6) is -0.876. The molecule has 0 saturated carbocycles. The number of nitrogens with one attached hydrogen (secondary N) is 2. The van der Waals surface area contributed by atoms with Crippen molar-refractivity contribution in [2.24, 2.45) is 11.7 Å². The second-order valence-corrected chi connectivity index (χ2v) is 7.64. The van der Waals surface area contributed by atoms with Crippen molar-refractivity contribution in [1.29, 1.82) is 0 Å². The van der Waals surface area contributed by atoms with Gasteiger partial charge < -0.3 is 21.3 Å². The lowest BCUT2D eigenvalue weighted by Crippen LogP contribution is -2.57. The topological polar surface area (TPSA) is 122 Å². The van der Waals surface area contributed by atoms with Crippen LogP contribution in [0.1, 0.15) is 58.8 Å². The quantitative estimate of drug-likeness (QED) is 0.589. The second-order valence-electron chi connectivity index (χ2n) is 7.64. The Kier molecular flexibility index (Phi) is 6.99. The molecule has 2 heterocycles. The minimum absolute atomic E-state index is 0.144. The number of carbonyl (C=O) groups excluding carboxylic acids is 4. The highest BCUT2D eigenvalue weighted by Crippen LogP contribution is 2.20. The van der Waals surface area contributed by atoms with Crippen molar-refractivity contribution >= 4 is 23.6 Å². The van der Waals surface area contributed by atoms with Crippen LogP contribution in [-0.2, 0) is 19.2 Å². The van der Waals surface area contributed by atoms with E-state index in [4.69, 9.17) is 5.73 Å². The van der Waals surface area contributed by atoms with Gasteiger partial charge in [0.1, 0.15) is 18.1 Å². The Morgan fingerprint density at radius 1 is 1.23 bits per heavy atom. The first-order chi connectivity index (χ1) is 12.3.